The fourth-order valence-electron chi connectivity index (χ4n) is 1.49. The van der Waals surface area contributed by atoms with Gasteiger partial charge in [0.15, 0.2) is 0 Å². The van der Waals surface area contributed by atoms with Crippen LogP contribution in [0.5, 0.6) is 5.75 Å². The van der Waals surface area contributed by atoms with Gasteiger partial charge in [-0.2, -0.15) is 5.10 Å². The fourth-order valence-corrected chi connectivity index (χ4v) is 1.49. The van der Waals surface area contributed by atoms with Crippen LogP contribution in [0.3, 0.4) is 0 Å². The zero-order chi connectivity index (χ0) is 12.8. The highest BCUT2D eigenvalue weighted by Gasteiger charge is 2.07. The van der Waals surface area contributed by atoms with E-state index in [0.717, 1.165) is 11.3 Å². The van der Waals surface area contributed by atoms with E-state index in [4.69, 9.17) is 4.74 Å². The van der Waals surface area contributed by atoms with Crippen LogP contribution in [0.25, 0.3) is 0 Å². The number of hydrogen-bond donors (Lipinski definition) is 2. The summed E-state index contributed by atoms with van der Waals surface area (Å²) in [6.07, 6.45) is 1.30. The lowest BCUT2D eigenvalue weighted by Gasteiger charge is -2.06. The molecule has 6 heteroatoms. The van der Waals surface area contributed by atoms with Gasteiger partial charge in [-0.15, -0.1) is 0 Å². The molecule has 0 aliphatic rings. The Morgan fingerprint density at radius 2 is 2.39 bits per heavy atom. The molecular formula is C12H14N4O2. The third kappa shape index (κ3) is 3.07. The van der Waals surface area contributed by atoms with E-state index in [1.807, 2.05) is 31.2 Å². The molecule has 1 amide bonds. The van der Waals surface area contributed by atoms with E-state index in [1.165, 1.54) is 6.33 Å². The Morgan fingerprint density at radius 3 is 3.11 bits per heavy atom. The Morgan fingerprint density at radius 1 is 1.50 bits per heavy atom. The smallest absolute Gasteiger partial charge is 0.288 e. The molecule has 1 aromatic carbocycles. The Kier molecular flexibility index (Phi) is 3.90. The van der Waals surface area contributed by atoms with Crippen molar-refractivity contribution in [3.8, 4) is 5.75 Å². The van der Waals surface area contributed by atoms with Gasteiger partial charge in [-0.25, -0.2) is 4.98 Å². The number of hydrogen-bond acceptors (Lipinski definition) is 4. The van der Waals surface area contributed by atoms with Gasteiger partial charge in [0.1, 0.15) is 12.1 Å². The molecule has 2 aromatic rings. The van der Waals surface area contributed by atoms with Crippen LogP contribution in [0.15, 0.2) is 30.6 Å². The summed E-state index contributed by atoms with van der Waals surface area (Å²) in [5.74, 6) is 0.717. The highest BCUT2D eigenvalue weighted by molar-refractivity contribution is 5.90. The summed E-state index contributed by atoms with van der Waals surface area (Å²) >= 11 is 0. The lowest BCUT2D eigenvalue weighted by Crippen LogP contribution is -2.23. The number of aromatic amines is 1. The summed E-state index contributed by atoms with van der Waals surface area (Å²) in [7, 11) is 0. The van der Waals surface area contributed by atoms with Gasteiger partial charge in [0.25, 0.3) is 5.91 Å². The number of aromatic nitrogens is 3. The molecule has 6 nitrogen and oxygen atoms in total. The Hall–Kier alpha value is -2.37. The largest absolute Gasteiger partial charge is 0.494 e. The third-order valence-electron chi connectivity index (χ3n) is 2.29. The van der Waals surface area contributed by atoms with Crippen LogP contribution in [0, 0.1) is 0 Å². The van der Waals surface area contributed by atoms with Crippen molar-refractivity contribution in [2.45, 2.75) is 13.5 Å². The standard InChI is InChI=1S/C12H14N4O2/c1-2-18-10-5-3-4-9(6-10)7-13-12(17)11-14-8-15-16-11/h3-6,8H,2,7H2,1H3,(H,13,17)(H,14,15,16). The Labute approximate surface area is 104 Å². The van der Waals surface area contributed by atoms with Crippen molar-refractivity contribution in [2.75, 3.05) is 6.61 Å². The second kappa shape index (κ2) is 5.81. The van der Waals surface area contributed by atoms with Crippen LogP contribution in [-0.2, 0) is 6.54 Å². The molecule has 0 atom stereocenters. The minimum atomic E-state index is -0.283. The van der Waals surface area contributed by atoms with Gasteiger partial charge in [-0.1, -0.05) is 12.1 Å². The molecule has 0 bridgehead atoms. The minimum absolute atomic E-state index is 0.205. The normalized spacial score (nSPS) is 10.1. The van der Waals surface area contributed by atoms with Crippen molar-refractivity contribution in [1.29, 1.82) is 0 Å². The number of benzene rings is 1. The molecule has 0 spiro atoms. The minimum Gasteiger partial charge on any atom is -0.494 e. The van der Waals surface area contributed by atoms with Crippen LogP contribution in [-0.4, -0.2) is 27.7 Å². The molecule has 0 unspecified atom stereocenters. The molecule has 94 valence electrons. The van der Waals surface area contributed by atoms with Gasteiger partial charge in [0, 0.05) is 6.54 Å². The number of amides is 1. The molecule has 18 heavy (non-hydrogen) atoms. The second-order valence-corrected chi connectivity index (χ2v) is 3.60. The maximum Gasteiger partial charge on any atom is 0.288 e. The van der Waals surface area contributed by atoms with Crippen molar-refractivity contribution in [2.24, 2.45) is 0 Å². The molecule has 0 aliphatic heterocycles. The Balaban J connectivity index is 1.93. The average molecular weight is 246 g/mol. The molecule has 0 saturated carbocycles. The van der Waals surface area contributed by atoms with Gasteiger partial charge in [0.05, 0.1) is 6.61 Å². The van der Waals surface area contributed by atoms with Crippen molar-refractivity contribution < 1.29 is 9.53 Å². The van der Waals surface area contributed by atoms with Crippen molar-refractivity contribution >= 4 is 5.91 Å². The number of carbonyl (C=O) groups is 1. The number of H-pyrrole nitrogens is 1. The highest BCUT2D eigenvalue weighted by atomic mass is 16.5. The number of rotatable bonds is 5. The summed E-state index contributed by atoms with van der Waals surface area (Å²) in [5.41, 5.74) is 0.966. The van der Waals surface area contributed by atoms with E-state index in [-0.39, 0.29) is 11.7 Å². The maximum atomic E-state index is 11.6. The Bertz CT molecular complexity index is 511. The lowest BCUT2D eigenvalue weighted by atomic mass is 10.2. The first kappa shape index (κ1) is 12.1. The molecule has 1 aromatic heterocycles. The van der Waals surface area contributed by atoms with Crippen molar-refractivity contribution in [3.05, 3.63) is 42.0 Å². The van der Waals surface area contributed by atoms with Crippen LogP contribution >= 0.6 is 0 Å². The first-order chi connectivity index (χ1) is 8.79. The summed E-state index contributed by atoms with van der Waals surface area (Å²) in [4.78, 5) is 15.4. The van der Waals surface area contributed by atoms with Gasteiger partial charge < -0.3 is 10.1 Å². The van der Waals surface area contributed by atoms with Crippen molar-refractivity contribution in [1.82, 2.24) is 20.5 Å². The zero-order valence-corrected chi connectivity index (χ0v) is 10.0. The summed E-state index contributed by atoms with van der Waals surface area (Å²) in [5, 5.41) is 8.87. The second-order valence-electron chi connectivity index (χ2n) is 3.60. The first-order valence-electron chi connectivity index (χ1n) is 5.65. The molecule has 1 heterocycles. The summed E-state index contributed by atoms with van der Waals surface area (Å²) in [6, 6.07) is 7.58. The number of ether oxygens (including phenoxy) is 1. The first-order valence-corrected chi connectivity index (χ1v) is 5.65. The van der Waals surface area contributed by atoms with E-state index >= 15 is 0 Å². The van der Waals surface area contributed by atoms with Gasteiger partial charge >= 0.3 is 0 Å². The molecule has 0 aliphatic carbocycles. The van der Waals surface area contributed by atoms with E-state index < -0.39 is 0 Å². The third-order valence-corrected chi connectivity index (χ3v) is 2.29. The van der Waals surface area contributed by atoms with Crippen LogP contribution in [0.1, 0.15) is 23.1 Å². The van der Waals surface area contributed by atoms with E-state index in [1.54, 1.807) is 0 Å². The predicted octanol–water partition coefficient (Wildman–Crippen LogP) is 1.13. The van der Waals surface area contributed by atoms with Crippen LogP contribution < -0.4 is 10.1 Å². The monoisotopic (exact) mass is 246 g/mol. The maximum absolute atomic E-state index is 11.6. The SMILES string of the molecule is CCOc1cccc(CNC(=O)c2ncn[nH]2)c1. The quantitative estimate of drug-likeness (QED) is 0.828. The predicted molar refractivity (Wildman–Crippen MR) is 65.2 cm³/mol. The molecule has 2 rings (SSSR count). The highest BCUT2D eigenvalue weighted by Crippen LogP contribution is 2.12. The van der Waals surface area contributed by atoms with E-state index in [0.29, 0.717) is 13.2 Å². The van der Waals surface area contributed by atoms with Gasteiger partial charge in [-0.3, -0.25) is 9.89 Å². The topological polar surface area (TPSA) is 79.9 Å². The number of nitrogens with one attached hydrogen (secondary N) is 2. The van der Waals surface area contributed by atoms with E-state index in [9.17, 15) is 4.79 Å². The van der Waals surface area contributed by atoms with Gasteiger partial charge in [-0.05, 0) is 24.6 Å². The zero-order valence-electron chi connectivity index (χ0n) is 10.0. The molecular weight excluding hydrogens is 232 g/mol. The summed E-state index contributed by atoms with van der Waals surface area (Å²) < 4.78 is 5.38. The van der Waals surface area contributed by atoms with Gasteiger partial charge in [0.2, 0.25) is 5.82 Å². The van der Waals surface area contributed by atoms with Crippen LogP contribution in [0.4, 0.5) is 0 Å². The lowest BCUT2D eigenvalue weighted by molar-refractivity contribution is 0.0941. The fraction of sp³-hybridized carbons (Fsp3) is 0.250. The molecule has 0 saturated heterocycles. The van der Waals surface area contributed by atoms with Crippen molar-refractivity contribution in [3.63, 3.8) is 0 Å². The molecule has 0 radical (unpaired) electrons. The molecule has 2 N–H and O–H groups in total. The number of carbonyl (C=O) groups excluding carboxylic acids is 1. The summed E-state index contributed by atoms with van der Waals surface area (Å²) in [6.45, 7) is 2.96. The average Bonchev–Trinajstić information content (AvgIpc) is 2.91. The number of nitrogens with zero attached hydrogens (tertiary/aromatic N) is 2. The molecule has 0 fully saturated rings. The van der Waals surface area contributed by atoms with E-state index in [2.05, 4.69) is 20.5 Å². The van der Waals surface area contributed by atoms with Crippen LogP contribution in [0.2, 0.25) is 0 Å².